The van der Waals surface area contributed by atoms with Crippen LogP contribution in [-0.2, 0) is 4.79 Å². The normalized spacial score (nSPS) is 9.44. The maximum Gasteiger partial charge on any atom is 0.223 e. The summed E-state index contributed by atoms with van der Waals surface area (Å²) in [5, 5.41) is 0. The molecule has 0 bridgehead atoms. The van der Waals surface area contributed by atoms with Crippen LogP contribution < -0.4 is 4.90 Å². The second-order valence-corrected chi connectivity index (χ2v) is 3.83. The van der Waals surface area contributed by atoms with E-state index in [0.717, 1.165) is 5.69 Å². The Morgan fingerprint density at radius 1 is 1.25 bits per heavy atom. The van der Waals surface area contributed by atoms with Gasteiger partial charge < -0.3 is 4.90 Å². The molecule has 0 unspecified atom stereocenters. The molecule has 0 atom stereocenters. The van der Waals surface area contributed by atoms with Gasteiger partial charge in [0.1, 0.15) is 0 Å². The van der Waals surface area contributed by atoms with Crippen molar-refractivity contribution in [2.24, 2.45) is 0 Å². The summed E-state index contributed by atoms with van der Waals surface area (Å²) in [5.74, 6) is 0.557. The van der Waals surface area contributed by atoms with Gasteiger partial charge in [-0.05, 0) is 23.6 Å². The lowest BCUT2D eigenvalue weighted by Gasteiger charge is -2.16. The van der Waals surface area contributed by atoms with Crippen molar-refractivity contribution in [1.29, 1.82) is 0 Å². The zero-order chi connectivity index (χ0) is 12.7. The predicted molar refractivity (Wildman–Crippen MR) is 71.0 cm³/mol. The number of carbonyl (C=O) groups is 1. The molecule has 16 heavy (non-hydrogen) atoms. The highest BCUT2D eigenvalue weighted by atomic mass is 16.2. The number of benzene rings is 1. The van der Waals surface area contributed by atoms with E-state index < -0.39 is 0 Å². The molecule has 0 saturated heterocycles. The summed E-state index contributed by atoms with van der Waals surface area (Å²) >= 11 is 0. The highest BCUT2D eigenvalue weighted by molar-refractivity contribution is 5.90. The van der Waals surface area contributed by atoms with Crippen molar-refractivity contribution in [3.8, 4) is 0 Å². The maximum atomic E-state index is 11.2. The number of nitrogens with zero attached hydrogens (tertiary/aromatic N) is 1. The lowest BCUT2D eigenvalue weighted by molar-refractivity contribution is -0.116. The quantitative estimate of drug-likeness (QED) is 0.743. The van der Waals surface area contributed by atoms with Crippen LogP contribution in [0.25, 0.3) is 0 Å². The van der Waals surface area contributed by atoms with Crippen molar-refractivity contribution >= 4 is 11.6 Å². The molecule has 0 aliphatic rings. The average Bonchev–Trinajstić information content (AvgIpc) is 2.30. The number of anilines is 1. The van der Waals surface area contributed by atoms with Crippen molar-refractivity contribution in [2.45, 2.75) is 40.5 Å². The summed E-state index contributed by atoms with van der Waals surface area (Å²) in [5.41, 5.74) is 2.22. The standard InChI is InChI=1S/C12H17NO.C2H6/c1-9(2)11-6-5-7-12(8-11)13(4)10(3)14;1-2/h5-9H,1-4H3;1-2H3. The molecule has 0 radical (unpaired) electrons. The second kappa shape index (κ2) is 7.04. The fraction of sp³-hybridized carbons (Fsp3) is 0.500. The van der Waals surface area contributed by atoms with E-state index in [-0.39, 0.29) is 5.91 Å². The summed E-state index contributed by atoms with van der Waals surface area (Å²) in [6.45, 7) is 9.86. The van der Waals surface area contributed by atoms with Crippen molar-refractivity contribution in [3.05, 3.63) is 29.8 Å². The summed E-state index contributed by atoms with van der Waals surface area (Å²) in [6, 6.07) is 8.09. The zero-order valence-corrected chi connectivity index (χ0v) is 11.2. The Labute approximate surface area is 99.3 Å². The lowest BCUT2D eigenvalue weighted by Crippen LogP contribution is -2.22. The third kappa shape index (κ3) is 4.05. The molecule has 0 aliphatic heterocycles. The van der Waals surface area contributed by atoms with Gasteiger partial charge in [-0.25, -0.2) is 0 Å². The van der Waals surface area contributed by atoms with E-state index in [1.54, 1.807) is 18.9 Å². The van der Waals surface area contributed by atoms with Gasteiger partial charge >= 0.3 is 0 Å². The van der Waals surface area contributed by atoms with Gasteiger partial charge in [-0.3, -0.25) is 4.79 Å². The molecule has 1 amide bonds. The molecular formula is C14H23NO. The van der Waals surface area contributed by atoms with E-state index in [1.165, 1.54) is 5.56 Å². The molecule has 0 aliphatic carbocycles. The first kappa shape index (κ1) is 14.7. The van der Waals surface area contributed by atoms with E-state index in [4.69, 9.17) is 0 Å². The van der Waals surface area contributed by atoms with Crippen molar-refractivity contribution in [1.82, 2.24) is 0 Å². The predicted octanol–water partition coefficient (Wildman–Crippen LogP) is 3.82. The maximum absolute atomic E-state index is 11.2. The summed E-state index contributed by atoms with van der Waals surface area (Å²) < 4.78 is 0. The van der Waals surface area contributed by atoms with Crippen LogP contribution in [0.4, 0.5) is 5.69 Å². The fourth-order valence-corrected chi connectivity index (χ4v) is 1.27. The number of amides is 1. The summed E-state index contributed by atoms with van der Waals surface area (Å²) in [6.07, 6.45) is 0. The molecule has 2 nitrogen and oxygen atoms in total. The molecule has 1 rings (SSSR count). The molecule has 0 saturated carbocycles. The highest BCUT2D eigenvalue weighted by Crippen LogP contribution is 2.20. The smallest absolute Gasteiger partial charge is 0.223 e. The third-order valence-corrected chi connectivity index (χ3v) is 2.40. The molecule has 2 heteroatoms. The molecule has 0 fully saturated rings. The van der Waals surface area contributed by atoms with Crippen LogP contribution in [0.3, 0.4) is 0 Å². The Bertz CT molecular complexity index is 331. The topological polar surface area (TPSA) is 20.3 Å². The van der Waals surface area contributed by atoms with E-state index in [2.05, 4.69) is 26.0 Å². The van der Waals surface area contributed by atoms with Crippen LogP contribution in [0.1, 0.15) is 46.1 Å². The van der Waals surface area contributed by atoms with Crippen molar-refractivity contribution in [3.63, 3.8) is 0 Å². The first-order chi connectivity index (χ1) is 7.52. The van der Waals surface area contributed by atoms with Crippen LogP contribution in [-0.4, -0.2) is 13.0 Å². The molecule has 1 aromatic rings. The van der Waals surface area contributed by atoms with Crippen LogP contribution in [0.15, 0.2) is 24.3 Å². The Hall–Kier alpha value is -1.31. The zero-order valence-electron chi connectivity index (χ0n) is 11.2. The number of rotatable bonds is 2. The Morgan fingerprint density at radius 3 is 2.25 bits per heavy atom. The lowest BCUT2D eigenvalue weighted by atomic mass is 10.0. The summed E-state index contributed by atoms with van der Waals surface area (Å²) in [4.78, 5) is 12.8. The minimum absolute atomic E-state index is 0.0610. The molecule has 1 aromatic carbocycles. The average molecular weight is 221 g/mol. The van der Waals surface area contributed by atoms with Gasteiger partial charge in [0.15, 0.2) is 0 Å². The van der Waals surface area contributed by atoms with E-state index >= 15 is 0 Å². The first-order valence-electron chi connectivity index (χ1n) is 5.86. The van der Waals surface area contributed by atoms with E-state index in [1.807, 2.05) is 26.0 Å². The molecule has 0 heterocycles. The van der Waals surface area contributed by atoms with Crippen LogP contribution in [0.2, 0.25) is 0 Å². The minimum atomic E-state index is 0.0610. The largest absolute Gasteiger partial charge is 0.316 e. The van der Waals surface area contributed by atoms with Gasteiger partial charge in [-0.1, -0.05) is 39.8 Å². The van der Waals surface area contributed by atoms with Gasteiger partial charge in [-0.2, -0.15) is 0 Å². The van der Waals surface area contributed by atoms with E-state index in [0.29, 0.717) is 5.92 Å². The minimum Gasteiger partial charge on any atom is -0.316 e. The van der Waals surface area contributed by atoms with Gasteiger partial charge in [0, 0.05) is 19.7 Å². The first-order valence-corrected chi connectivity index (χ1v) is 5.86. The molecule has 90 valence electrons. The molecular weight excluding hydrogens is 198 g/mol. The Morgan fingerprint density at radius 2 is 1.81 bits per heavy atom. The van der Waals surface area contributed by atoms with Crippen LogP contribution in [0, 0.1) is 0 Å². The molecule has 0 spiro atoms. The van der Waals surface area contributed by atoms with Crippen LogP contribution in [0.5, 0.6) is 0 Å². The number of hydrogen-bond acceptors (Lipinski definition) is 1. The number of carbonyl (C=O) groups excluding carboxylic acids is 1. The van der Waals surface area contributed by atoms with Crippen molar-refractivity contribution in [2.75, 3.05) is 11.9 Å². The fourth-order valence-electron chi connectivity index (χ4n) is 1.27. The van der Waals surface area contributed by atoms with Crippen LogP contribution >= 0.6 is 0 Å². The summed E-state index contributed by atoms with van der Waals surface area (Å²) in [7, 11) is 1.79. The van der Waals surface area contributed by atoms with Gasteiger partial charge in [-0.15, -0.1) is 0 Å². The Kier molecular flexibility index (Phi) is 6.47. The third-order valence-electron chi connectivity index (χ3n) is 2.40. The molecule has 0 aromatic heterocycles. The van der Waals surface area contributed by atoms with Gasteiger partial charge in [0.05, 0.1) is 0 Å². The van der Waals surface area contributed by atoms with E-state index in [9.17, 15) is 4.79 Å². The van der Waals surface area contributed by atoms with Gasteiger partial charge in [0.2, 0.25) is 5.91 Å². The Balaban J connectivity index is 0.00000106. The van der Waals surface area contributed by atoms with Crippen molar-refractivity contribution < 1.29 is 4.79 Å². The SMILES string of the molecule is CC.CC(=O)N(C)c1cccc(C(C)C)c1. The van der Waals surface area contributed by atoms with Gasteiger partial charge in [0.25, 0.3) is 0 Å². The number of hydrogen-bond donors (Lipinski definition) is 0. The second-order valence-electron chi connectivity index (χ2n) is 3.83. The highest BCUT2D eigenvalue weighted by Gasteiger charge is 2.06. The molecule has 0 N–H and O–H groups in total. The monoisotopic (exact) mass is 221 g/mol.